The Kier molecular flexibility index (Phi) is 4.04. The van der Waals surface area contributed by atoms with Gasteiger partial charge in [-0.1, -0.05) is 0 Å². The maximum absolute atomic E-state index is 7.42. The Hall–Kier alpha value is -1.75. The SMILES string of the molecule is COc1cc(OCOCC2CC2)cc(C(=N)N)c1. The fourth-order valence-electron chi connectivity index (χ4n) is 1.54. The zero-order valence-corrected chi connectivity index (χ0v) is 10.4. The summed E-state index contributed by atoms with van der Waals surface area (Å²) in [6, 6.07) is 5.14. The molecule has 1 aliphatic rings. The molecule has 0 aliphatic heterocycles. The van der Waals surface area contributed by atoms with Crippen LogP contribution < -0.4 is 15.2 Å². The third kappa shape index (κ3) is 3.63. The summed E-state index contributed by atoms with van der Waals surface area (Å²) in [5, 5.41) is 7.42. The lowest BCUT2D eigenvalue weighted by Crippen LogP contribution is -2.12. The second-order valence-corrected chi connectivity index (χ2v) is 4.39. The Balaban J connectivity index is 1.92. The zero-order chi connectivity index (χ0) is 13.0. The highest BCUT2D eigenvalue weighted by atomic mass is 16.7. The Morgan fingerprint density at radius 2 is 2.06 bits per heavy atom. The van der Waals surface area contributed by atoms with Crippen molar-refractivity contribution in [3.8, 4) is 11.5 Å². The summed E-state index contributed by atoms with van der Waals surface area (Å²) in [6.45, 7) is 0.963. The van der Waals surface area contributed by atoms with Crippen molar-refractivity contribution in [3.05, 3.63) is 23.8 Å². The highest BCUT2D eigenvalue weighted by Crippen LogP contribution is 2.29. The number of hydrogen-bond acceptors (Lipinski definition) is 4. The van der Waals surface area contributed by atoms with Crippen LogP contribution in [0.15, 0.2) is 18.2 Å². The molecule has 0 aromatic heterocycles. The quantitative estimate of drug-likeness (QED) is 0.334. The molecule has 5 heteroatoms. The minimum Gasteiger partial charge on any atom is -0.497 e. The summed E-state index contributed by atoms with van der Waals surface area (Å²) >= 11 is 0. The smallest absolute Gasteiger partial charge is 0.189 e. The van der Waals surface area contributed by atoms with Crippen LogP contribution in [0.2, 0.25) is 0 Å². The molecule has 0 radical (unpaired) electrons. The van der Waals surface area contributed by atoms with Crippen LogP contribution in [0.1, 0.15) is 18.4 Å². The van der Waals surface area contributed by atoms with E-state index in [1.54, 1.807) is 25.3 Å². The molecule has 1 saturated carbocycles. The van der Waals surface area contributed by atoms with Crippen LogP contribution in [0.3, 0.4) is 0 Å². The van der Waals surface area contributed by atoms with Crippen LogP contribution in [0, 0.1) is 11.3 Å². The molecule has 18 heavy (non-hydrogen) atoms. The van der Waals surface area contributed by atoms with Gasteiger partial charge >= 0.3 is 0 Å². The van der Waals surface area contributed by atoms with Crippen LogP contribution in [-0.4, -0.2) is 26.3 Å². The van der Waals surface area contributed by atoms with Gasteiger partial charge in [0.1, 0.15) is 17.3 Å². The second-order valence-electron chi connectivity index (χ2n) is 4.39. The third-order valence-electron chi connectivity index (χ3n) is 2.79. The van der Waals surface area contributed by atoms with E-state index in [0.29, 0.717) is 23.0 Å². The molecule has 1 aliphatic carbocycles. The number of benzene rings is 1. The van der Waals surface area contributed by atoms with Gasteiger partial charge in [0, 0.05) is 11.6 Å². The van der Waals surface area contributed by atoms with E-state index in [-0.39, 0.29) is 12.6 Å². The number of ether oxygens (including phenoxy) is 3. The van der Waals surface area contributed by atoms with Crippen molar-refractivity contribution in [2.75, 3.05) is 20.5 Å². The van der Waals surface area contributed by atoms with Crippen LogP contribution in [0.25, 0.3) is 0 Å². The first-order valence-corrected chi connectivity index (χ1v) is 5.93. The number of nitrogens with one attached hydrogen (secondary N) is 1. The Bertz CT molecular complexity index is 430. The number of rotatable bonds is 7. The van der Waals surface area contributed by atoms with E-state index in [1.165, 1.54) is 12.8 Å². The molecule has 3 N–H and O–H groups in total. The highest BCUT2D eigenvalue weighted by molar-refractivity contribution is 5.95. The van der Waals surface area contributed by atoms with E-state index in [9.17, 15) is 0 Å². The molecule has 2 rings (SSSR count). The van der Waals surface area contributed by atoms with Gasteiger partial charge in [0.05, 0.1) is 13.7 Å². The van der Waals surface area contributed by atoms with E-state index in [4.69, 9.17) is 25.4 Å². The maximum Gasteiger partial charge on any atom is 0.189 e. The Morgan fingerprint density at radius 1 is 1.33 bits per heavy atom. The molecule has 0 saturated heterocycles. The van der Waals surface area contributed by atoms with Crippen LogP contribution in [0.4, 0.5) is 0 Å². The zero-order valence-electron chi connectivity index (χ0n) is 10.4. The van der Waals surface area contributed by atoms with Gasteiger partial charge in [0.25, 0.3) is 0 Å². The van der Waals surface area contributed by atoms with Gasteiger partial charge in [0.2, 0.25) is 0 Å². The molecule has 1 aromatic rings. The maximum atomic E-state index is 7.42. The molecule has 98 valence electrons. The van der Waals surface area contributed by atoms with Crippen molar-refractivity contribution in [1.29, 1.82) is 5.41 Å². The lowest BCUT2D eigenvalue weighted by atomic mass is 10.2. The summed E-state index contributed by atoms with van der Waals surface area (Å²) < 4.78 is 16.0. The van der Waals surface area contributed by atoms with Gasteiger partial charge in [-0.2, -0.15) is 0 Å². The van der Waals surface area contributed by atoms with E-state index < -0.39 is 0 Å². The lowest BCUT2D eigenvalue weighted by Gasteiger charge is -2.10. The summed E-state index contributed by atoms with van der Waals surface area (Å²) in [6.07, 6.45) is 2.52. The van der Waals surface area contributed by atoms with Crippen molar-refractivity contribution >= 4 is 5.84 Å². The first-order chi connectivity index (χ1) is 8.69. The molecule has 0 unspecified atom stereocenters. The first kappa shape index (κ1) is 12.7. The lowest BCUT2D eigenvalue weighted by molar-refractivity contribution is 0.00988. The predicted molar refractivity (Wildman–Crippen MR) is 68.2 cm³/mol. The Labute approximate surface area is 106 Å². The average molecular weight is 250 g/mol. The van der Waals surface area contributed by atoms with Crippen molar-refractivity contribution in [3.63, 3.8) is 0 Å². The number of hydrogen-bond donors (Lipinski definition) is 2. The van der Waals surface area contributed by atoms with E-state index in [1.807, 2.05) is 0 Å². The van der Waals surface area contributed by atoms with Crippen LogP contribution >= 0.6 is 0 Å². The fourth-order valence-corrected chi connectivity index (χ4v) is 1.54. The second kappa shape index (κ2) is 5.73. The van der Waals surface area contributed by atoms with Gasteiger partial charge in [-0.05, 0) is 30.9 Å². The molecule has 0 atom stereocenters. The fraction of sp³-hybridized carbons (Fsp3) is 0.462. The van der Waals surface area contributed by atoms with Gasteiger partial charge < -0.3 is 19.9 Å². The largest absolute Gasteiger partial charge is 0.497 e. The monoisotopic (exact) mass is 250 g/mol. The van der Waals surface area contributed by atoms with Gasteiger partial charge in [-0.15, -0.1) is 0 Å². The Morgan fingerprint density at radius 3 is 2.67 bits per heavy atom. The molecule has 1 fully saturated rings. The predicted octanol–water partition coefficient (Wildman–Crippen LogP) is 1.74. The summed E-state index contributed by atoms with van der Waals surface area (Å²) in [5.74, 6) is 1.90. The summed E-state index contributed by atoms with van der Waals surface area (Å²) in [5.41, 5.74) is 6.03. The summed E-state index contributed by atoms with van der Waals surface area (Å²) in [7, 11) is 1.56. The van der Waals surface area contributed by atoms with Crippen LogP contribution in [-0.2, 0) is 4.74 Å². The topological polar surface area (TPSA) is 77.6 Å². The molecule has 0 spiro atoms. The van der Waals surface area contributed by atoms with E-state index in [2.05, 4.69) is 0 Å². The van der Waals surface area contributed by atoms with E-state index >= 15 is 0 Å². The number of methoxy groups -OCH3 is 1. The van der Waals surface area contributed by atoms with Crippen molar-refractivity contribution in [2.45, 2.75) is 12.8 Å². The number of nitrogen functional groups attached to an aromatic ring is 1. The van der Waals surface area contributed by atoms with Gasteiger partial charge in [-0.25, -0.2) is 0 Å². The number of amidine groups is 1. The third-order valence-corrected chi connectivity index (χ3v) is 2.79. The number of nitrogens with two attached hydrogens (primary N) is 1. The molecular weight excluding hydrogens is 232 g/mol. The van der Waals surface area contributed by atoms with E-state index in [0.717, 1.165) is 6.61 Å². The highest BCUT2D eigenvalue weighted by Gasteiger charge is 2.21. The first-order valence-electron chi connectivity index (χ1n) is 5.93. The van der Waals surface area contributed by atoms with Gasteiger partial charge in [0.15, 0.2) is 6.79 Å². The molecular formula is C13H18N2O3. The van der Waals surface area contributed by atoms with Crippen molar-refractivity contribution in [1.82, 2.24) is 0 Å². The molecule has 5 nitrogen and oxygen atoms in total. The van der Waals surface area contributed by atoms with Gasteiger partial charge in [-0.3, -0.25) is 5.41 Å². The normalized spacial score (nSPS) is 14.3. The molecule has 0 amide bonds. The minimum atomic E-state index is -0.0161. The van der Waals surface area contributed by atoms with Crippen molar-refractivity contribution < 1.29 is 14.2 Å². The minimum absolute atomic E-state index is 0.0161. The average Bonchev–Trinajstić information content (AvgIpc) is 3.18. The summed E-state index contributed by atoms with van der Waals surface area (Å²) in [4.78, 5) is 0. The standard InChI is InChI=1S/C13H18N2O3/c1-16-11-4-10(13(14)15)5-12(6-11)18-8-17-7-9-2-3-9/h4-6,9H,2-3,7-8H2,1H3,(H3,14,15). The molecule has 0 bridgehead atoms. The van der Waals surface area contributed by atoms with Crippen LogP contribution in [0.5, 0.6) is 11.5 Å². The molecule has 1 aromatic carbocycles. The molecule has 0 heterocycles. The van der Waals surface area contributed by atoms with Crippen molar-refractivity contribution in [2.24, 2.45) is 11.7 Å².